The molecule has 0 N–H and O–H groups in total. The summed E-state index contributed by atoms with van der Waals surface area (Å²) >= 11 is 0. The molecule has 7 atom stereocenters. The van der Waals surface area contributed by atoms with Crippen LogP contribution in [0.5, 0.6) is 0 Å². The van der Waals surface area contributed by atoms with Crippen molar-refractivity contribution >= 4 is 17.7 Å². The van der Waals surface area contributed by atoms with Gasteiger partial charge in [-0.15, -0.1) is 0 Å². The van der Waals surface area contributed by atoms with E-state index in [2.05, 4.69) is 66.6 Å². The maximum absolute atomic E-state index is 13.5. The number of unbranched alkanes of at least 4 members (excludes halogenated alkanes) is 4. The Morgan fingerprint density at radius 2 is 1.59 bits per heavy atom. The molecule has 0 aliphatic heterocycles. The number of carbonyl (C=O) groups is 2. The number of rotatable bonds is 8. The van der Waals surface area contributed by atoms with Gasteiger partial charge in [0.1, 0.15) is 0 Å². The highest BCUT2D eigenvalue weighted by Crippen LogP contribution is 2.75. The summed E-state index contributed by atoms with van der Waals surface area (Å²) in [6, 6.07) is 0. The van der Waals surface area contributed by atoms with Crippen molar-refractivity contribution in [1.29, 1.82) is 0 Å². The molecule has 0 heterocycles. The van der Waals surface area contributed by atoms with Crippen LogP contribution in [0.25, 0.3) is 0 Å². The molecule has 248 valence electrons. The first-order valence-electron chi connectivity index (χ1n) is 18.2. The van der Waals surface area contributed by atoms with Crippen molar-refractivity contribution < 1.29 is 19.2 Å². The number of esters is 1. The molecule has 0 aromatic heterocycles. The van der Waals surface area contributed by atoms with E-state index in [0.717, 1.165) is 69.9 Å². The second-order valence-corrected chi connectivity index (χ2v) is 17.8. The van der Waals surface area contributed by atoms with E-state index in [4.69, 9.17) is 9.57 Å². The normalized spacial score (nSPS) is 41.3. The van der Waals surface area contributed by atoms with Crippen LogP contribution in [-0.2, 0) is 19.2 Å². The molecule has 44 heavy (non-hydrogen) atoms. The molecule has 5 heteroatoms. The zero-order chi connectivity index (χ0) is 32.2. The molecule has 0 aromatic rings. The molecule has 4 fully saturated rings. The summed E-state index contributed by atoms with van der Waals surface area (Å²) < 4.78 is 5.54. The second-order valence-electron chi connectivity index (χ2n) is 17.8. The molecule has 5 nitrogen and oxygen atoms in total. The molecular formula is C39H63NO4. The number of carbonyl (C=O) groups excluding carboxylic acids is 2. The Kier molecular flexibility index (Phi) is 9.08. The number of hydrogen-bond acceptors (Lipinski definition) is 5. The zero-order valence-corrected chi connectivity index (χ0v) is 29.7. The molecule has 0 amide bonds. The summed E-state index contributed by atoms with van der Waals surface area (Å²) in [7, 11) is 1.59. The van der Waals surface area contributed by atoms with E-state index in [-0.39, 0.29) is 50.3 Å². The van der Waals surface area contributed by atoms with Crippen LogP contribution in [0.1, 0.15) is 158 Å². The van der Waals surface area contributed by atoms with Crippen LogP contribution in [0.2, 0.25) is 0 Å². The molecule has 5 aliphatic carbocycles. The van der Waals surface area contributed by atoms with Gasteiger partial charge in [0.2, 0.25) is 0 Å². The summed E-state index contributed by atoms with van der Waals surface area (Å²) in [4.78, 5) is 31.6. The van der Waals surface area contributed by atoms with Crippen molar-refractivity contribution in [2.75, 3.05) is 7.11 Å². The Morgan fingerprint density at radius 3 is 2.30 bits per heavy atom. The summed E-state index contributed by atoms with van der Waals surface area (Å²) in [5, 5.41) is 4.58. The Bertz CT molecular complexity index is 1180. The number of oxime groups is 1. The highest BCUT2D eigenvalue weighted by Gasteiger charge is 2.69. The van der Waals surface area contributed by atoms with Gasteiger partial charge in [0.05, 0.1) is 18.2 Å². The average molecular weight is 610 g/mol. The van der Waals surface area contributed by atoms with Gasteiger partial charge in [-0.2, -0.15) is 0 Å². The maximum atomic E-state index is 13.5. The van der Waals surface area contributed by atoms with E-state index < -0.39 is 0 Å². The highest BCUT2D eigenvalue weighted by atomic mass is 16.7. The summed E-state index contributed by atoms with van der Waals surface area (Å²) in [6.45, 7) is 19.5. The Labute approximate surface area is 268 Å². The van der Waals surface area contributed by atoms with Crippen molar-refractivity contribution in [3.63, 3.8) is 0 Å². The van der Waals surface area contributed by atoms with Gasteiger partial charge in [0.15, 0.2) is 0 Å². The van der Waals surface area contributed by atoms with Gasteiger partial charge < -0.3 is 9.57 Å². The van der Waals surface area contributed by atoms with Crippen molar-refractivity contribution in [2.24, 2.45) is 55.4 Å². The molecule has 0 spiro atoms. The van der Waals surface area contributed by atoms with Gasteiger partial charge in [0.25, 0.3) is 0 Å². The summed E-state index contributed by atoms with van der Waals surface area (Å²) in [6.07, 6.45) is 19.3. The van der Waals surface area contributed by atoms with Crippen LogP contribution in [0.3, 0.4) is 0 Å². The van der Waals surface area contributed by atoms with E-state index in [1.165, 1.54) is 32.1 Å². The molecular weight excluding hydrogens is 546 g/mol. The fourth-order valence-corrected chi connectivity index (χ4v) is 11.8. The van der Waals surface area contributed by atoms with E-state index >= 15 is 0 Å². The fraction of sp³-hybridized carbons (Fsp3) is 0.872. The SMILES string of the molecule is CCCCCCCC(=O)O/N=C1\CC[C@@]2(C)C(CC[C@]3(C)C2CC=C2C4CC(C)(C)CC[C@]4(C(=O)OC)CC[C@]23C)C1(C)C. The lowest BCUT2D eigenvalue weighted by Gasteiger charge is -2.70. The molecule has 0 bridgehead atoms. The molecule has 0 radical (unpaired) electrons. The number of fused-ring (bicyclic) bond motifs is 7. The standard InChI is InChI=1S/C39H63NO4/c1-10-11-12-13-14-15-32(41)44-40-31-19-20-36(6)29(35(31,4)5)18-21-38(8)30(36)17-16-27-28-26-34(2,3)22-24-39(28,33(42)43-9)25-23-37(27,38)7/h16,28-30H,10-15,17-26H2,1-9H3/b40-31+/t28?,29?,30?,36-,37+,38+,39-/m0/s1. The predicted octanol–water partition coefficient (Wildman–Crippen LogP) is 10.2. The van der Waals surface area contributed by atoms with Gasteiger partial charge in [-0.25, -0.2) is 4.79 Å². The van der Waals surface area contributed by atoms with E-state index in [9.17, 15) is 9.59 Å². The molecule has 3 unspecified atom stereocenters. The lowest BCUT2D eigenvalue weighted by molar-refractivity contribution is -0.181. The number of nitrogens with zero attached hydrogens (tertiary/aromatic N) is 1. The molecule has 5 aliphatic rings. The van der Waals surface area contributed by atoms with Crippen LogP contribution in [0.4, 0.5) is 0 Å². The summed E-state index contributed by atoms with van der Waals surface area (Å²) in [5.74, 6) is 1.21. The van der Waals surface area contributed by atoms with Gasteiger partial charge in [0, 0.05) is 11.8 Å². The third-order valence-corrected chi connectivity index (χ3v) is 14.8. The van der Waals surface area contributed by atoms with Gasteiger partial charge in [-0.1, -0.05) is 97.9 Å². The number of hydrogen-bond donors (Lipinski definition) is 0. The third kappa shape index (κ3) is 5.23. The number of ether oxygens (including phenoxy) is 1. The number of allylic oxidation sites excluding steroid dienone is 2. The average Bonchev–Trinajstić information content (AvgIpc) is 2.96. The molecule has 4 saturated carbocycles. The first-order chi connectivity index (χ1) is 20.6. The molecule has 0 saturated heterocycles. The van der Waals surface area contributed by atoms with E-state index in [1.54, 1.807) is 12.7 Å². The fourth-order valence-electron chi connectivity index (χ4n) is 11.8. The van der Waals surface area contributed by atoms with Crippen molar-refractivity contribution in [3.8, 4) is 0 Å². The van der Waals surface area contributed by atoms with Crippen LogP contribution in [0.15, 0.2) is 16.8 Å². The Balaban J connectivity index is 1.39. The van der Waals surface area contributed by atoms with E-state index in [0.29, 0.717) is 18.3 Å². The minimum absolute atomic E-state index is 0.0296. The van der Waals surface area contributed by atoms with Crippen LogP contribution >= 0.6 is 0 Å². The highest BCUT2D eigenvalue weighted by molar-refractivity contribution is 5.91. The number of methoxy groups -OCH3 is 1. The summed E-state index contributed by atoms with van der Waals surface area (Å²) in [5.41, 5.74) is 2.89. The Hall–Kier alpha value is -1.65. The van der Waals surface area contributed by atoms with Gasteiger partial charge in [-0.05, 0) is 110 Å². The van der Waals surface area contributed by atoms with Crippen molar-refractivity contribution in [1.82, 2.24) is 0 Å². The first-order valence-corrected chi connectivity index (χ1v) is 18.2. The molecule has 5 rings (SSSR count). The third-order valence-electron chi connectivity index (χ3n) is 14.8. The predicted molar refractivity (Wildman–Crippen MR) is 178 cm³/mol. The minimum atomic E-state index is -0.356. The maximum Gasteiger partial charge on any atom is 0.335 e. The van der Waals surface area contributed by atoms with Crippen molar-refractivity contribution in [2.45, 2.75) is 158 Å². The van der Waals surface area contributed by atoms with Crippen LogP contribution in [0, 0.1) is 50.2 Å². The lowest BCUT2D eigenvalue weighted by atomic mass is 9.33. The molecule has 0 aromatic carbocycles. The zero-order valence-electron chi connectivity index (χ0n) is 29.7. The lowest BCUT2D eigenvalue weighted by Crippen LogP contribution is -2.64. The van der Waals surface area contributed by atoms with Crippen molar-refractivity contribution in [3.05, 3.63) is 11.6 Å². The van der Waals surface area contributed by atoms with E-state index in [1.807, 2.05) is 0 Å². The van der Waals surface area contributed by atoms with Crippen LogP contribution < -0.4 is 0 Å². The second kappa shape index (κ2) is 11.9. The quantitative estimate of drug-likeness (QED) is 0.0903. The first kappa shape index (κ1) is 33.7. The van der Waals surface area contributed by atoms with Crippen LogP contribution in [-0.4, -0.2) is 24.8 Å². The van der Waals surface area contributed by atoms with Gasteiger partial charge >= 0.3 is 11.9 Å². The largest absolute Gasteiger partial charge is 0.469 e. The minimum Gasteiger partial charge on any atom is -0.469 e. The topological polar surface area (TPSA) is 65.0 Å². The Morgan fingerprint density at radius 1 is 0.886 bits per heavy atom. The smallest absolute Gasteiger partial charge is 0.335 e. The monoisotopic (exact) mass is 609 g/mol. The van der Waals surface area contributed by atoms with Gasteiger partial charge in [-0.3, -0.25) is 4.79 Å².